The van der Waals surface area contributed by atoms with Crippen molar-refractivity contribution in [2.75, 3.05) is 31.6 Å². The fourth-order valence-corrected chi connectivity index (χ4v) is 6.44. The van der Waals surface area contributed by atoms with Gasteiger partial charge >= 0.3 is 0 Å². The maximum atomic E-state index is 13.0. The second-order valence-electron chi connectivity index (χ2n) is 7.80. The Bertz CT molecular complexity index is 1470. The van der Waals surface area contributed by atoms with Crippen LogP contribution in [0.1, 0.15) is 15.4 Å². The summed E-state index contributed by atoms with van der Waals surface area (Å²) in [6.07, 6.45) is 0. The van der Waals surface area contributed by atoms with Crippen molar-refractivity contribution >= 4 is 54.8 Å². The highest BCUT2D eigenvalue weighted by molar-refractivity contribution is 7.89. The molecular weight excluding hydrogens is 496 g/mol. The molecule has 1 fully saturated rings. The summed E-state index contributed by atoms with van der Waals surface area (Å²) in [5.74, 6) is -0.316. The van der Waals surface area contributed by atoms with Crippen LogP contribution in [0.5, 0.6) is 0 Å². The summed E-state index contributed by atoms with van der Waals surface area (Å²) in [6, 6.07) is 15.4. The van der Waals surface area contributed by atoms with Gasteiger partial charge in [0.05, 0.1) is 34.4 Å². The van der Waals surface area contributed by atoms with E-state index >= 15 is 0 Å². The van der Waals surface area contributed by atoms with Crippen molar-refractivity contribution in [3.63, 3.8) is 0 Å². The molecule has 4 aromatic rings. The first kappa shape index (κ1) is 23.0. The van der Waals surface area contributed by atoms with E-state index in [-0.39, 0.29) is 10.8 Å². The molecule has 0 radical (unpaired) electrons. The van der Waals surface area contributed by atoms with Gasteiger partial charge in [-0.3, -0.25) is 4.79 Å². The second kappa shape index (κ2) is 9.12. The van der Waals surface area contributed by atoms with Crippen LogP contribution in [-0.2, 0) is 14.8 Å². The zero-order chi connectivity index (χ0) is 23.9. The Morgan fingerprint density at radius 1 is 1.12 bits per heavy atom. The van der Waals surface area contributed by atoms with Gasteiger partial charge in [0.25, 0.3) is 5.91 Å². The Balaban J connectivity index is 1.41. The van der Waals surface area contributed by atoms with E-state index in [1.54, 1.807) is 35.0 Å². The molecule has 2 aromatic heterocycles. The highest BCUT2D eigenvalue weighted by atomic mass is 35.5. The van der Waals surface area contributed by atoms with Gasteiger partial charge < -0.3 is 10.1 Å². The van der Waals surface area contributed by atoms with Gasteiger partial charge in [0.15, 0.2) is 0 Å². The van der Waals surface area contributed by atoms with Crippen molar-refractivity contribution in [3.8, 4) is 5.69 Å². The standard InChI is InChI=1S/C23H21ClN4O4S2/c1-15-20-14-21(33-23(20)28(26-15)18-7-5-16(24)6-8-18)22(29)25-17-3-2-4-19(13-17)34(30,31)27-9-11-32-12-10-27/h2-8,13-14H,9-12H2,1H3,(H,25,29). The van der Waals surface area contributed by atoms with E-state index in [0.717, 1.165) is 21.6 Å². The molecule has 0 aliphatic carbocycles. The van der Waals surface area contributed by atoms with Crippen LogP contribution in [0.2, 0.25) is 5.02 Å². The molecule has 1 aliphatic heterocycles. The molecule has 1 amide bonds. The number of halogens is 1. The van der Waals surface area contributed by atoms with E-state index in [4.69, 9.17) is 16.3 Å². The molecule has 1 N–H and O–H groups in total. The number of aryl methyl sites for hydroxylation is 1. The van der Waals surface area contributed by atoms with E-state index in [0.29, 0.717) is 41.9 Å². The molecule has 8 nitrogen and oxygen atoms in total. The summed E-state index contributed by atoms with van der Waals surface area (Å²) in [6.45, 7) is 3.25. The lowest BCUT2D eigenvalue weighted by molar-refractivity contribution is 0.0730. The third-order valence-electron chi connectivity index (χ3n) is 5.54. The Morgan fingerprint density at radius 2 is 1.85 bits per heavy atom. The van der Waals surface area contributed by atoms with Crippen LogP contribution < -0.4 is 5.32 Å². The van der Waals surface area contributed by atoms with E-state index in [2.05, 4.69) is 10.4 Å². The first-order valence-corrected chi connectivity index (χ1v) is 13.2. The molecule has 0 unspecified atom stereocenters. The summed E-state index contributed by atoms with van der Waals surface area (Å²) >= 11 is 7.32. The average molecular weight is 517 g/mol. The van der Waals surface area contributed by atoms with Crippen LogP contribution in [0.3, 0.4) is 0 Å². The van der Waals surface area contributed by atoms with Crippen molar-refractivity contribution < 1.29 is 17.9 Å². The first-order chi connectivity index (χ1) is 16.3. The number of carbonyl (C=O) groups is 1. The van der Waals surface area contributed by atoms with E-state index in [1.165, 1.54) is 27.8 Å². The predicted octanol–water partition coefficient (Wildman–Crippen LogP) is 4.32. The third-order valence-corrected chi connectivity index (χ3v) is 8.80. The van der Waals surface area contributed by atoms with Crippen LogP contribution in [0.25, 0.3) is 15.9 Å². The molecule has 0 saturated carbocycles. The van der Waals surface area contributed by atoms with Crippen LogP contribution in [0.4, 0.5) is 5.69 Å². The zero-order valence-corrected chi connectivity index (χ0v) is 20.6. The molecule has 176 valence electrons. The Labute approximate surface area is 205 Å². The fourth-order valence-electron chi connectivity index (χ4n) is 3.78. The number of nitrogens with zero attached hydrogens (tertiary/aromatic N) is 3. The number of morpholine rings is 1. The minimum atomic E-state index is -3.66. The Hall–Kier alpha value is -2.76. The number of sulfonamides is 1. The number of rotatable bonds is 5. The fraction of sp³-hybridized carbons (Fsp3) is 0.217. The minimum Gasteiger partial charge on any atom is -0.379 e. The summed E-state index contributed by atoms with van der Waals surface area (Å²) in [7, 11) is -3.66. The van der Waals surface area contributed by atoms with Crippen LogP contribution >= 0.6 is 22.9 Å². The molecule has 2 aromatic carbocycles. The number of carbonyl (C=O) groups excluding carboxylic acids is 1. The maximum absolute atomic E-state index is 13.0. The number of anilines is 1. The molecule has 1 aliphatic rings. The van der Waals surface area contributed by atoms with Gasteiger partial charge in [-0.15, -0.1) is 11.3 Å². The number of thiophene rings is 1. The zero-order valence-electron chi connectivity index (χ0n) is 18.2. The number of ether oxygens (including phenoxy) is 1. The molecule has 11 heteroatoms. The van der Waals surface area contributed by atoms with E-state index in [9.17, 15) is 13.2 Å². The van der Waals surface area contributed by atoms with Crippen molar-refractivity contribution in [1.29, 1.82) is 0 Å². The summed E-state index contributed by atoms with van der Waals surface area (Å²) in [5.41, 5.74) is 2.06. The molecule has 34 heavy (non-hydrogen) atoms. The van der Waals surface area contributed by atoms with Gasteiger partial charge in [0.2, 0.25) is 10.0 Å². The summed E-state index contributed by atoms with van der Waals surface area (Å²) < 4.78 is 34.3. The lowest BCUT2D eigenvalue weighted by Gasteiger charge is -2.26. The molecule has 3 heterocycles. The minimum absolute atomic E-state index is 0.137. The molecule has 0 spiro atoms. The number of aromatic nitrogens is 2. The average Bonchev–Trinajstić information content (AvgIpc) is 3.41. The topological polar surface area (TPSA) is 93.5 Å². The quantitative estimate of drug-likeness (QED) is 0.426. The smallest absolute Gasteiger partial charge is 0.265 e. The first-order valence-electron chi connectivity index (χ1n) is 10.6. The number of hydrogen-bond donors (Lipinski definition) is 1. The van der Waals surface area contributed by atoms with Crippen molar-refractivity contribution in [2.45, 2.75) is 11.8 Å². The summed E-state index contributed by atoms with van der Waals surface area (Å²) in [5, 5.41) is 8.93. The molecule has 1 saturated heterocycles. The molecule has 0 bridgehead atoms. The van der Waals surface area contributed by atoms with Crippen LogP contribution in [0.15, 0.2) is 59.5 Å². The normalized spacial score (nSPS) is 15.0. The SMILES string of the molecule is Cc1nn(-c2ccc(Cl)cc2)c2sc(C(=O)Nc3cccc(S(=O)(=O)N4CCOCC4)c3)cc12. The van der Waals surface area contributed by atoms with Crippen molar-refractivity contribution in [2.24, 2.45) is 0 Å². The van der Waals surface area contributed by atoms with Gasteiger partial charge in [-0.05, 0) is 55.5 Å². The molecule has 0 atom stereocenters. The van der Waals surface area contributed by atoms with Gasteiger partial charge in [-0.2, -0.15) is 9.40 Å². The molecule has 5 rings (SSSR count). The highest BCUT2D eigenvalue weighted by Crippen LogP contribution is 2.31. The van der Waals surface area contributed by atoms with Crippen molar-refractivity contribution in [1.82, 2.24) is 14.1 Å². The number of amides is 1. The Morgan fingerprint density at radius 3 is 2.59 bits per heavy atom. The highest BCUT2D eigenvalue weighted by Gasteiger charge is 2.26. The largest absolute Gasteiger partial charge is 0.379 e. The number of fused-ring (bicyclic) bond motifs is 1. The lowest BCUT2D eigenvalue weighted by atomic mass is 10.3. The summed E-state index contributed by atoms with van der Waals surface area (Å²) in [4.78, 5) is 14.5. The number of nitrogens with one attached hydrogen (secondary N) is 1. The van der Waals surface area contributed by atoms with Crippen molar-refractivity contribution in [3.05, 3.63) is 70.2 Å². The van der Waals surface area contributed by atoms with Gasteiger partial charge in [0, 0.05) is 29.2 Å². The van der Waals surface area contributed by atoms with Crippen LogP contribution in [-0.4, -0.2) is 54.7 Å². The van der Waals surface area contributed by atoms with E-state index < -0.39 is 10.0 Å². The predicted molar refractivity (Wildman–Crippen MR) is 133 cm³/mol. The monoisotopic (exact) mass is 516 g/mol. The van der Waals surface area contributed by atoms with Gasteiger partial charge in [-0.25, -0.2) is 13.1 Å². The molecular formula is C23H21ClN4O4S2. The lowest BCUT2D eigenvalue weighted by Crippen LogP contribution is -2.40. The second-order valence-corrected chi connectivity index (χ2v) is 11.2. The van der Waals surface area contributed by atoms with Gasteiger partial charge in [0.1, 0.15) is 4.83 Å². The maximum Gasteiger partial charge on any atom is 0.265 e. The number of hydrogen-bond acceptors (Lipinski definition) is 6. The third kappa shape index (κ3) is 4.35. The van der Waals surface area contributed by atoms with Gasteiger partial charge in [-0.1, -0.05) is 17.7 Å². The number of benzene rings is 2. The Kier molecular flexibility index (Phi) is 6.17. The van der Waals surface area contributed by atoms with Crippen LogP contribution in [0, 0.1) is 6.92 Å². The van der Waals surface area contributed by atoms with E-state index in [1.807, 2.05) is 19.1 Å².